The second kappa shape index (κ2) is 7.54. The van der Waals surface area contributed by atoms with Crippen LogP contribution in [0.2, 0.25) is 0 Å². The molecule has 1 saturated heterocycles. The Morgan fingerprint density at radius 2 is 1.86 bits per heavy atom. The van der Waals surface area contributed by atoms with E-state index >= 15 is 0 Å². The van der Waals surface area contributed by atoms with Gasteiger partial charge in [-0.15, -0.1) is 0 Å². The molecule has 2 N–H and O–H groups in total. The molecule has 1 aliphatic rings. The lowest BCUT2D eigenvalue weighted by molar-refractivity contribution is -0.904. The Kier molecular flexibility index (Phi) is 5.71. The molecular weight excluding hydrogens is 290 g/mol. The van der Waals surface area contributed by atoms with E-state index in [1.54, 1.807) is 12.1 Å². The van der Waals surface area contributed by atoms with Gasteiger partial charge < -0.3 is 15.0 Å². The molecule has 1 amide bonds. The van der Waals surface area contributed by atoms with Crippen LogP contribution >= 0.6 is 0 Å². The molecule has 0 saturated carbocycles. The Bertz CT molecular complexity index is 483. The summed E-state index contributed by atoms with van der Waals surface area (Å²) in [7, 11) is 0. The van der Waals surface area contributed by atoms with E-state index in [4.69, 9.17) is 0 Å². The van der Waals surface area contributed by atoms with Gasteiger partial charge in [0.15, 0.2) is 6.54 Å². The average Bonchev–Trinajstić information content (AvgIpc) is 2.39. The molecule has 1 heterocycles. The van der Waals surface area contributed by atoms with E-state index in [0.717, 1.165) is 13.1 Å². The number of piperidine rings is 1. The molecule has 1 fully saturated rings. The second-order valence-corrected chi connectivity index (χ2v) is 6.23. The van der Waals surface area contributed by atoms with Gasteiger partial charge in [-0.05, 0) is 30.7 Å². The molecule has 122 valence electrons. The number of quaternary nitrogens is 1. The normalized spacial score (nSPS) is 25.0. The minimum Gasteiger partial charge on any atom is -0.435 e. The molecule has 0 spiro atoms. The Hall–Kier alpha value is -1.69. The van der Waals surface area contributed by atoms with Gasteiger partial charge in [-0.3, -0.25) is 4.79 Å². The van der Waals surface area contributed by atoms with Crippen LogP contribution in [0.15, 0.2) is 24.3 Å². The van der Waals surface area contributed by atoms with E-state index in [1.807, 2.05) is 0 Å². The maximum atomic E-state index is 12.1. The highest BCUT2D eigenvalue weighted by Crippen LogP contribution is 2.17. The lowest BCUT2D eigenvalue weighted by Gasteiger charge is -2.31. The van der Waals surface area contributed by atoms with Crippen molar-refractivity contribution in [3.63, 3.8) is 0 Å². The Labute approximate surface area is 129 Å². The lowest BCUT2D eigenvalue weighted by atomic mass is 9.92. The van der Waals surface area contributed by atoms with Crippen LogP contribution in [0.25, 0.3) is 0 Å². The summed E-state index contributed by atoms with van der Waals surface area (Å²) in [5.74, 6) is 1.30. The zero-order chi connectivity index (χ0) is 16.1. The van der Waals surface area contributed by atoms with Crippen LogP contribution in [-0.2, 0) is 4.79 Å². The van der Waals surface area contributed by atoms with E-state index in [0.29, 0.717) is 24.1 Å². The summed E-state index contributed by atoms with van der Waals surface area (Å²) in [5.41, 5.74) is 0.587. The van der Waals surface area contributed by atoms with Crippen molar-refractivity contribution in [2.45, 2.75) is 26.9 Å². The smallest absolute Gasteiger partial charge is 0.387 e. The third kappa shape index (κ3) is 5.26. The number of alkyl halides is 2. The monoisotopic (exact) mass is 313 g/mol. The van der Waals surface area contributed by atoms with Crippen LogP contribution < -0.4 is 15.0 Å². The van der Waals surface area contributed by atoms with Crippen molar-refractivity contribution in [3.8, 4) is 5.75 Å². The van der Waals surface area contributed by atoms with Crippen LogP contribution in [0.3, 0.4) is 0 Å². The fourth-order valence-corrected chi connectivity index (χ4v) is 3.22. The topological polar surface area (TPSA) is 42.8 Å². The first-order valence-corrected chi connectivity index (χ1v) is 7.60. The number of nitrogens with one attached hydrogen (secondary N) is 2. The number of likely N-dealkylation sites (tertiary alicyclic amines) is 1. The van der Waals surface area contributed by atoms with Crippen molar-refractivity contribution < 1.29 is 23.2 Å². The summed E-state index contributed by atoms with van der Waals surface area (Å²) >= 11 is 0. The maximum Gasteiger partial charge on any atom is 0.387 e. The zero-order valence-corrected chi connectivity index (χ0v) is 12.9. The van der Waals surface area contributed by atoms with Crippen LogP contribution in [0.4, 0.5) is 14.5 Å². The quantitative estimate of drug-likeness (QED) is 0.870. The third-order valence-corrected chi connectivity index (χ3v) is 3.85. The summed E-state index contributed by atoms with van der Waals surface area (Å²) < 4.78 is 28.4. The number of ether oxygens (including phenoxy) is 1. The first-order chi connectivity index (χ1) is 10.4. The van der Waals surface area contributed by atoms with Crippen molar-refractivity contribution in [1.82, 2.24) is 0 Å². The highest BCUT2D eigenvalue weighted by atomic mass is 19.3. The molecule has 1 aliphatic heterocycles. The third-order valence-electron chi connectivity index (χ3n) is 3.85. The first-order valence-electron chi connectivity index (χ1n) is 7.60. The molecule has 0 aromatic heterocycles. The van der Waals surface area contributed by atoms with E-state index in [9.17, 15) is 13.6 Å². The van der Waals surface area contributed by atoms with Gasteiger partial charge in [0.05, 0.1) is 13.1 Å². The molecule has 2 rings (SSSR count). The molecule has 1 unspecified atom stereocenters. The highest BCUT2D eigenvalue weighted by Gasteiger charge is 2.26. The maximum absolute atomic E-state index is 12.1. The van der Waals surface area contributed by atoms with Gasteiger partial charge in [0.1, 0.15) is 5.75 Å². The Morgan fingerprint density at radius 1 is 1.27 bits per heavy atom. The fraction of sp³-hybridized carbons (Fsp3) is 0.562. The van der Waals surface area contributed by atoms with Gasteiger partial charge in [-0.25, -0.2) is 0 Å². The fourth-order valence-electron chi connectivity index (χ4n) is 3.22. The standard InChI is InChI=1S/C16H22F2N2O2/c1-11-7-12(2)9-20(8-11)10-15(21)19-13-3-5-14(6-4-13)22-16(17)18/h3-6,11-12,16H,7-10H2,1-2H3,(H,19,21)/p+1/t11-,12+. The van der Waals surface area contributed by atoms with E-state index in [-0.39, 0.29) is 11.7 Å². The molecule has 1 aromatic carbocycles. The van der Waals surface area contributed by atoms with Crippen LogP contribution in [0.5, 0.6) is 5.75 Å². The number of carbonyl (C=O) groups excluding carboxylic acids is 1. The summed E-state index contributed by atoms with van der Waals surface area (Å²) in [6.45, 7) is 4.05. The number of hydrogen-bond donors (Lipinski definition) is 2. The van der Waals surface area contributed by atoms with E-state index < -0.39 is 6.61 Å². The number of amides is 1. The van der Waals surface area contributed by atoms with E-state index in [2.05, 4.69) is 23.9 Å². The minimum absolute atomic E-state index is 0.0566. The van der Waals surface area contributed by atoms with Crippen LogP contribution in [0.1, 0.15) is 20.3 Å². The molecule has 0 aliphatic carbocycles. The summed E-state index contributed by atoms with van der Waals surface area (Å²) in [6.07, 6.45) is 1.22. The predicted octanol–water partition coefficient (Wildman–Crippen LogP) is 1.79. The minimum atomic E-state index is -2.84. The lowest BCUT2D eigenvalue weighted by Crippen LogP contribution is -3.15. The number of anilines is 1. The highest BCUT2D eigenvalue weighted by molar-refractivity contribution is 5.91. The van der Waals surface area contributed by atoms with E-state index in [1.165, 1.54) is 23.5 Å². The van der Waals surface area contributed by atoms with Gasteiger partial charge in [-0.2, -0.15) is 8.78 Å². The Balaban J connectivity index is 1.84. The molecule has 4 nitrogen and oxygen atoms in total. The molecule has 1 aromatic rings. The van der Waals surface area contributed by atoms with Crippen LogP contribution in [0, 0.1) is 11.8 Å². The average molecular weight is 313 g/mol. The van der Waals surface area contributed by atoms with Crippen molar-refractivity contribution in [1.29, 1.82) is 0 Å². The molecule has 22 heavy (non-hydrogen) atoms. The molecular formula is C16H23F2N2O2+. The van der Waals surface area contributed by atoms with Gasteiger partial charge in [0, 0.05) is 17.5 Å². The SMILES string of the molecule is C[C@@H]1C[C@H](C)C[NH+](CC(=O)Nc2ccc(OC(F)F)cc2)C1. The number of hydrogen-bond acceptors (Lipinski definition) is 2. The van der Waals surface area contributed by atoms with Crippen LogP contribution in [-0.4, -0.2) is 32.2 Å². The second-order valence-electron chi connectivity index (χ2n) is 6.23. The number of rotatable bonds is 5. The van der Waals surface area contributed by atoms with Crippen molar-refractivity contribution >= 4 is 11.6 Å². The molecule has 6 heteroatoms. The molecule has 3 atom stereocenters. The summed E-state index contributed by atoms with van der Waals surface area (Å²) in [6, 6.07) is 5.96. The van der Waals surface area contributed by atoms with Gasteiger partial charge >= 0.3 is 6.61 Å². The van der Waals surface area contributed by atoms with Gasteiger partial charge in [0.25, 0.3) is 5.91 Å². The van der Waals surface area contributed by atoms with Crippen molar-refractivity contribution in [3.05, 3.63) is 24.3 Å². The Morgan fingerprint density at radius 3 is 2.41 bits per heavy atom. The molecule has 0 bridgehead atoms. The largest absolute Gasteiger partial charge is 0.435 e. The number of benzene rings is 1. The predicted molar refractivity (Wildman–Crippen MR) is 80.2 cm³/mol. The summed E-state index contributed by atoms with van der Waals surface area (Å²) in [5, 5.41) is 2.80. The number of halogens is 2. The van der Waals surface area contributed by atoms with Gasteiger partial charge in [0.2, 0.25) is 0 Å². The van der Waals surface area contributed by atoms with Gasteiger partial charge in [-0.1, -0.05) is 13.8 Å². The summed E-state index contributed by atoms with van der Waals surface area (Å²) in [4.78, 5) is 13.4. The first kappa shape index (κ1) is 16.7. The van der Waals surface area contributed by atoms with Crippen molar-refractivity contribution in [2.24, 2.45) is 11.8 Å². The van der Waals surface area contributed by atoms with Crippen molar-refractivity contribution in [2.75, 3.05) is 25.0 Å². The number of carbonyl (C=O) groups is 1. The zero-order valence-electron chi connectivity index (χ0n) is 12.9. The molecule has 0 radical (unpaired) electrons.